The molecule has 0 bridgehead atoms. The summed E-state index contributed by atoms with van der Waals surface area (Å²) in [6.07, 6.45) is 0.405. The first-order chi connectivity index (χ1) is 7.07. The molecule has 1 aromatic carbocycles. The Labute approximate surface area is 93.4 Å². The van der Waals surface area contributed by atoms with Gasteiger partial charge < -0.3 is 10.1 Å². The summed E-state index contributed by atoms with van der Waals surface area (Å²) in [5.74, 6) is 0. The highest BCUT2D eigenvalue weighted by atomic mass is 35.5. The summed E-state index contributed by atoms with van der Waals surface area (Å²) < 4.78 is 4.89. The first kappa shape index (κ1) is 10.3. The number of halogens is 1. The maximum Gasteiger partial charge on any atom is 0.407 e. The number of benzene rings is 1. The van der Waals surface area contributed by atoms with Gasteiger partial charge in [0.2, 0.25) is 0 Å². The summed E-state index contributed by atoms with van der Waals surface area (Å²) in [5, 5.41) is 3.52. The Morgan fingerprint density at radius 2 is 2.13 bits per heavy atom. The molecule has 1 amide bonds. The highest BCUT2D eigenvalue weighted by Crippen LogP contribution is 2.19. The van der Waals surface area contributed by atoms with Gasteiger partial charge in [-0.15, -0.1) is 0 Å². The molecule has 15 heavy (non-hydrogen) atoms. The first-order valence-corrected chi connectivity index (χ1v) is 5.15. The molecule has 3 nitrogen and oxygen atoms in total. The Bertz CT molecular complexity index is 377. The van der Waals surface area contributed by atoms with Crippen LogP contribution in [0.1, 0.15) is 12.5 Å². The summed E-state index contributed by atoms with van der Waals surface area (Å²) >= 11 is 5.79. The molecule has 1 aromatic rings. The molecule has 1 aliphatic rings. The van der Waals surface area contributed by atoms with Crippen LogP contribution in [-0.2, 0) is 11.2 Å². The Balaban J connectivity index is 2.08. The van der Waals surface area contributed by atoms with Gasteiger partial charge in [0.15, 0.2) is 0 Å². The van der Waals surface area contributed by atoms with Gasteiger partial charge in [-0.05, 0) is 31.0 Å². The van der Waals surface area contributed by atoms with Crippen LogP contribution in [0.3, 0.4) is 0 Å². The molecule has 1 fully saturated rings. The van der Waals surface area contributed by atoms with E-state index in [-0.39, 0.29) is 11.6 Å². The second-order valence-electron chi connectivity index (χ2n) is 4.07. The molecule has 2 rings (SSSR count). The van der Waals surface area contributed by atoms with Crippen molar-refractivity contribution in [2.24, 2.45) is 0 Å². The highest BCUT2D eigenvalue weighted by Gasteiger charge is 2.34. The quantitative estimate of drug-likeness (QED) is 0.839. The van der Waals surface area contributed by atoms with Crippen molar-refractivity contribution in [1.29, 1.82) is 0 Å². The van der Waals surface area contributed by atoms with E-state index >= 15 is 0 Å². The molecular formula is C11H12ClNO2. The van der Waals surface area contributed by atoms with Gasteiger partial charge in [-0.2, -0.15) is 0 Å². The zero-order valence-electron chi connectivity index (χ0n) is 8.42. The van der Waals surface area contributed by atoms with Crippen molar-refractivity contribution < 1.29 is 9.53 Å². The third-order valence-corrected chi connectivity index (χ3v) is 2.69. The van der Waals surface area contributed by atoms with E-state index in [4.69, 9.17) is 16.3 Å². The Kier molecular flexibility index (Phi) is 2.57. The number of hydrogen-bond donors (Lipinski definition) is 1. The number of rotatable bonds is 2. The number of carbonyl (C=O) groups is 1. The lowest BCUT2D eigenvalue weighted by molar-refractivity contribution is 0.173. The van der Waals surface area contributed by atoms with Crippen LogP contribution in [0, 0.1) is 0 Å². The van der Waals surface area contributed by atoms with Crippen molar-refractivity contribution in [2.45, 2.75) is 18.9 Å². The monoisotopic (exact) mass is 225 g/mol. The molecule has 1 saturated heterocycles. The molecule has 4 heteroatoms. The number of alkyl carbamates (subject to hydrolysis) is 1. The Morgan fingerprint density at radius 3 is 2.67 bits per heavy atom. The number of carbonyl (C=O) groups excluding carboxylic acids is 1. The topological polar surface area (TPSA) is 38.3 Å². The predicted molar refractivity (Wildman–Crippen MR) is 58.0 cm³/mol. The van der Waals surface area contributed by atoms with Gasteiger partial charge in [0.25, 0.3) is 0 Å². The standard InChI is InChI=1S/C11H12ClNO2/c1-11(7-15-10(14)13-11)6-8-2-4-9(12)5-3-8/h2-5H,6-7H2,1H3,(H,13,14). The molecule has 0 spiro atoms. The normalized spacial score (nSPS) is 24.8. The molecular weight excluding hydrogens is 214 g/mol. The van der Waals surface area contributed by atoms with Crippen LogP contribution in [0.4, 0.5) is 4.79 Å². The molecule has 0 radical (unpaired) electrons. The van der Waals surface area contributed by atoms with Crippen LogP contribution < -0.4 is 5.32 Å². The van der Waals surface area contributed by atoms with Crippen molar-refractivity contribution in [2.75, 3.05) is 6.61 Å². The minimum atomic E-state index is -0.341. The number of amides is 1. The van der Waals surface area contributed by atoms with Gasteiger partial charge in [-0.25, -0.2) is 4.79 Å². The van der Waals surface area contributed by atoms with E-state index in [0.29, 0.717) is 6.61 Å². The molecule has 1 atom stereocenters. The number of nitrogens with one attached hydrogen (secondary N) is 1. The fraction of sp³-hybridized carbons (Fsp3) is 0.364. The molecule has 1 aliphatic heterocycles. The van der Waals surface area contributed by atoms with Gasteiger partial charge >= 0.3 is 6.09 Å². The zero-order valence-corrected chi connectivity index (χ0v) is 9.17. The van der Waals surface area contributed by atoms with Gasteiger partial charge in [-0.3, -0.25) is 0 Å². The molecule has 0 aromatic heterocycles. The fourth-order valence-electron chi connectivity index (χ4n) is 1.69. The Morgan fingerprint density at radius 1 is 1.47 bits per heavy atom. The van der Waals surface area contributed by atoms with Crippen molar-refractivity contribution >= 4 is 17.7 Å². The Hall–Kier alpha value is -1.22. The minimum absolute atomic E-state index is 0.301. The maximum atomic E-state index is 10.9. The van der Waals surface area contributed by atoms with Crippen LogP contribution in [0.25, 0.3) is 0 Å². The molecule has 80 valence electrons. The van der Waals surface area contributed by atoms with Gasteiger partial charge in [0, 0.05) is 5.02 Å². The number of hydrogen-bond acceptors (Lipinski definition) is 2. The molecule has 1 N–H and O–H groups in total. The van der Waals surface area contributed by atoms with E-state index in [9.17, 15) is 4.79 Å². The van der Waals surface area contributed by atoms with Crippen molar-refractivity contribution in [3.8, 4) is 0 Å². The third kappa shape index (κ3) is 2.42. The number of ether oxygens (including phenoxy) is 1. The smallest absolute Gasteiger partial charge is 0.407 e. The van der Waals surface area contributed by atoms with E-state index in [1.54, 1.807) is 0 Å². The fourth-order valence-corrected chi connectivity index (χ4v) is 1.82. The highest BCUT2D eigenvalue weighted by molar-refractivity contribution is 6.30. The lowest BCUT2D eigenvalue weighted by Crippen LogP contribution is -2.42. The van der Waals surface area contributed by atoms with Gasteiger partial charge in [0.1, 0.15) is 6.61 Å². The maximum absolute atomic E-state index is 10.9. The lowest BCUT2D eigenvalue weighted by atomic mass is 9.94. The molecule has 0 saturated carbocycles. The van der Waals surface area contributed by atoms with E-state index in [1.807, 2.05) is 31.2 Å². The van der Waals surface area contributed by atoms with E-state index in [2.05, 4.69) is 5.32 Å². The summed E-state index contributed by atoms with van der Waals surface area (Å²) in [6.45, 7) is 2.38. The van der Waals surface area contributed by atoms with Crippen LogP contribution in [0.5, 0.6) is 0 Å². The summed E-state index contributed by atoms with van der Waals surface area (Å²) in [4.78, 5) is 10.9. The van der Waals surface area contributed by atoms with E-state index in [1.165, 1.54) is 0 Å². The van der Waals surface area contributed by atoms with Crippen LogP contribution >= 0.6 is 11.6 Å². The lowest BCUT2D eigenvalue weighted by Gasteiger charge is -2.20. The SMILES string of the molecule is CC1(Cc2ccc(Cl)cc2)COC(=O)N1. The van der Waals surface area contributed by atoms with E-state index in [0.717, 1.165) is 17.0 Å². The minimum Gasteiger partial charge on any atom is -0.447 e. The van der Waals surface area contributed by atoms with Crippen molar-refractivity contribution in [3.05, 3.63) is 34.9 Å². The van der Waals surface area contributed by atoms with Crippen LogP contribution in [0.15, 0.2) is 24.3 Å². The summed E-state index contributed by atoms with van der Waals surface area (Å²) in [6, 6.07) is 7.60. The van der Waals surface area contributed by atoms with Crippen LogP contribution in [0.2, 0.25) is 5.02 Å². The predicted octanol–water partition coefficient (Wildman–Crippen LogP) is 2.38. The van der Waals surface area contributed by atoms with Gasteiger partial charge in [-0.1, -0.05) is 23.7 Å². The third-order valence-electron chi connectivity index (χ3n) is 2.43. The van der Waals surface area contributed by atoms with Crippen molar-refractivity contribution in [3.63, 3.8) is 0 Å². The first-order valence-electron chi connectivity index (χ1n) is 4.77. The summed E-state index contributed by atoms with van der Waals surface area (Å²) in [5.41, 5.74) is 0.831. The average molecular weight is 226 g/mol. The van der Waals surface area contributed by atoms with Crippen LogP contribution in [-0.4, -0.2) is 18.2 Å². The average Bonchev–Trinajstić information content (AvgIpc) is 2.50. The largest absolute Gasteiger partial charge is 0.447 e. The molecule has 1 heterocycles. The number of cyclic esters (lactones) is 1. The van der Waals surface area contributed by atoms with E-state index < -0.39 is 0 Å². The molecule has 1 unspecified atom stereocenters. The zero-order chi connectivity index (χ0) is 10.9. The summed E-state index contributed by atoms with van der Waals surface area (Å²) in [7, 11) is 0. The van der Waals surface area contributed by atoms with Crippen molar-refractivity contribution in [1.82, 2.24) is 5.32 Å². The molecule has 0 aliphatic carbocycles. The second kappa shape index (κ2) is 3.74. The van der Waals surface area contributed by atoms with Gasteiger partial charge in [0.05, 0.1) is 5.54 Å². The second-order valence-corrected chi connectivity index (χ2v) is 4.50.